The Hall–Kier alpha value is -2.58. The van der Waals surface area contributed by atoms with Crippen molar-refractivity contribution in [2.45, 2.75) is 19.4 Å². The molecule has 1 unspecified atom stereocenters. The number of carbonyl (C=O) groups excluding carboxylic acids is 2. The minimum atomic E-state index is -0.633. The van der Waals surface area contributed by atoms with Gasteiger partial charge in [-0.15, -0.1) is 0 Å². The zero-order valence-corrected chi connectivity index (χ0v) is 18.2. The van der Waals surface area contributed by atoms with Gasteiger partial charge >= 0.3 is 0 Å². The molecule has 0 bridgehead atoms. The van der Waals surface area contributed by atoms with Crippen molar-refractivity contribution in [2.24, 2.45) is 0 Å². The number of pyridine rings is 1. The maximum Gasteiger partial charge on any atom is 0.251 e. The Bertz CT molecular complexity index is 854. The SMILES string of the molecule is CSCCC(NC(=O)c1cccc(C)c1)C(=O)Nc1ccc(N2CCOCC2)cn1. The monoisotopic (exact) mass is 428 g/mol. The van der Waals surface area contributed by atoms with E-state index in [4.69, 9.17) is 4.74 Å². The molecule has 1 aliphatic rings. The van der Waals surface area contributed by atoms with Gasteiger partial charge in [-0.25, -0.2) is 4.98 Å². The number of thioether (sulfide) groups is 1. The fourth-order valence-corrected chi connectivity index (χ4v) is 3.69. The number of nitrogens with zero attached hydrogens (tertiary/aromatic N) is 2. The summed E-state index contributed by atoms with van der Waals surface area (Å²) in [5, 5.41) is 5.70. The van der Waals surface area contributed by atoms with Crippen molar-refractivity contribution < 1.29 is 14.3 Å². The molecule has 1 aromatic heterocycles. The third-order valence-electron chi connectivity index (χ3n) is 4.89. The molecular formula is C22H28N4O3S. The number of nitrogens with one attached hydrogen (secondary N) is 2. The first-order valence-electron chi connectivity index (χ1n) is 10.0. The molecule has 8 heteroatoms. The third kappa shape index (κ3) is 6.21. The molecule has 0 radical (unpaired) electrons. The predicted octanol–water partition coefficient (Wildman–Crippen LogP) is 2.72. The fraction of sp³-hybridized carbons (Fsp3) is 0.409. The summed E-state index contributed by atoms with van der Waals surface area (Å²) in [7, 11) is 0. The molecule has 7 nitrogen and oxygen atoms in total. The van der Waals surface area contributed by atoms with E-state index in [1.165, 1.54) is 0 Å². The third-order valence-corrected chi connectivity index (χ3v) is 5.53. The van der Waals surface area contributed by atoms with E-state index in [1.54, 1.807) is 30.1 Å². The molecule has 1 saturated heterocycles. The summed E-state index contributed by atoms with van der Waals surface area (Å²) in [6.07, 6.45) is 4.27. The van der Waals surface area contributed by atoms with Gasteiger partial charge in [0.15, 0.2) is 0 Å². The predicted molar refractivity (Wildman–Crippen MR) is 121 cm³/mol. The Morgan fingerprint density at radius 2 is 2.03 bits per heavy atom. The van der Waals surface area contributed by atoms with Gasteiger partial charge in [-0.2, -0.15) is 11.8 Å². The van der Waals surface area contributed by atoms with Crippen LogP contribution in [0, 0.1) is 6.92 Å². The molecular weight excluding hydrogens is 400 g/mol. The van der Waals surface area contributed by atoms with Crippen LogP contribution < -0.4 is 15.5 Å². The highest BCUT2D eigenvalue weighted by molar-refractivity contribution is 7.98. The van der Waals surface area contributed by atoms with Gasteiger partial charge in [-0.3, -0.25) is 9.59 Å². The van der Waals surface area contributed by atoms with Crippen LogP contribution in [0.2, 0.25) is 0 Å². The van der Waals surface area contributed by atoms with Crippen LogP contribution >= 0.6 is 11.8 Å². The molecule has 30 heavy (non-hydrogen) atoms. The van der Waals surface area contributed by atoms with Gasteiger partial charge in [-0.05, 0) is 49.6 Å². The van der Waals surface area contributed by atoms with Crippen LogP contribution in [0.1, 0.15) is 22.3 Å². The van der Waals surface area contributed by atoms with Gasteiger partial charge in [0.1, 0.15) is 11.9 Å². The van der Waals surface area contributed by atoms with E-state index in [-0.39, 0.29) is 11.8 Å². The van der Waals surface area contributed by atoms with Gasteiger partial charge in [0.25, 0.3) is 5.91 Å². The summed E-state index contributed by atoms with van der Waals surface area (Å²) in [6, 6.07) is 10.4. The summed E-state index contributed by atoms with van der Waals surface area (Å²) in [6.45, 7) is 5.00. The molecule has 2 heterocycles. The Balaban J connectivity index is 1.63. The first-order chi connectivity index (χ1) is 14.6. The van der Waals surface area contributed by atoms with Crippen molar-refractivity contribution >= 4 is 35.1 Å². The van der Waals surface area contributed by atoms with Gasteiger partial charge < -0.3 is 20.3 Å². The smallest absolute Gasteiger partial charge is 0.251 e. The van der Waals surface area contributed by atoms with E-state index in [0.717, 1.165) is 30.1 Å². The highest BCUT2D eigenvalue weighted by Gasteiger charge is 2.22. The molecule has 1 aliphatic heterocycles. The number of morpholine rings is 1. The second kappa shape index (κ2) is 11.0. The number of hydrogen-bond acceptors (Lipinski definition) is 6. The number of amides is 2. The Kier molecular flexibility index (Phi) is 8.10. The Morgan fingerprint density at radius 1 is 1.23 bits per heavy atom. The number of carbonyl (C=O) groups is 2. The van der Waals surface area contributed by atoms with Crippen molar-refractivity contribution in [3.05, 3.63) is 53.7 Å². The first kappa shape index (κ1) is 22.1. The average molecular weight is 429 g/mol. The minimum Gasteiger partial charge on any atom is -0.378 e. The van der Waals surface area contributed by atoms with Crippen LogP contribution in [0.3, 0.4) is 0 Å². The molecule has 160 valence electrons. The van der Waals surface area contributed by atoms with Crippen LogP contribution in [-0.4, -0.2) is 61.2 Å². The quantitative estimate of drug-likeness (QED) is 0.673. The normalized spacial score (nSPS) is 14.8. The van der Waals surface area contributed by atoms with Crippen molar-refractivity contribution in [3.8, 4) is 0 Å². The van der Waals surface area contributed by atoms with Gasteiger partial charge in [0.05, 0.1) is 25.1 Å². The highest BCUT2D eigenvalue weighted by Crippen LogP contribution is 2.17. The van der Waals surface area contributed by atoms with Crippen LogP contribution in [0.4, 0.5) is 11.5 Å². The molecule has 2 N–H and O–H groups in total. The molecule has 1 aromatic carbocycles. The van der Waals surface area contributed by atoms with Crippen molar-refractivity contribution in [3.63, 3.8) is 0 Å². The molecule has 0 aliphatic carbocycles. The number of ether oxygens (including phenoxy) is 1. The van der Waals surface area contributed by atoms with Crippen LogP contribution in [0.25, 0.3) is 0 Å². The largest absolute Gasteiger partial charge is 0.378 e. The summed E-state index contributed by atoms with van der Waals surface area (Å²) in [5.74, 6) is 0.707. The molecule has 2 aromatic rings. The fourth-order valence-electron chi connectivity index (χ4n) is 3.21. The number of aromatic nitrogens is 1. The second-order valence-corrected chi connectivity index (χ2v) is 8.15. The lowest BCUT2D eigenvalue weighted by molar-refractivity contribution is -0.118. The highest BCUT2D eigenvalue weighted by atomic mass is 32.2. The lowest BCUT2D eigenvalue weighted by Crippen LogP contribution is -2.44. The van der Waals surface area contributed by atoms with Crippen molar-refractivity contribution in [1.82, 2.24) is 10.3 Å². The van der Waals surface area contributed by atoms with Crippen LogP contribution in [-0.2, 0) is 9.53 Å². The first-order valence-corrected chi connectivity index (χ1v) is 11.4. The van der Waals surface area contributed by atoms with E-state index < -0.39 is 6.04 Å². The van der Waals surface area contributed by atoms with Gasteiger partial charge in [0.2, 0.25) is 5.91 Å². The van der Waals surface area contributed by atoms with E-state index in [2.05, 4.69) is 20.5 Å². The lowest BCUT2D eigenvalue weighted by Gasteiger charge is -2.28. The van der Waals surface area contributed by atoms with E-state index in [0.29, 0.717) is 31.0 Å². The number of benzene rings is 1. The van der Waals surface area contributed by atoms with Crippen LogP contribution in [0.5, 0.6) is 0 Å². The standard InChI is InChI=1S/C22H28N4O3S/c1-16-4-3-5-17(14-16)21(27)24-19(8-13-30-2)22(28)25-20-7-6-18(15-23-20)26-9-11-29-12-10-26/h3-7,14-15,19H,8-13H2,1-2H3,(H,24,27)(H,23,25,28). The molecule has 3 rings (SSSR count). The van der Waals surface area contributed by atoms with E-state index >= 15 is 0 Å². The maximum atomic E-state index is 12.8. The second-order valence-electron chi connectivity index (χ2n) is 7.17. The van der Waals surface area contributed by atoms with E-state index in [9.17, 15) is 9.59 Å². The summed E-state index contributed by atoms with van der Waals surface area (Å²) in [4.78, 5) is 32.0. The topological polar surface area (TPSA) is 83.6 Å². The van der Waals surface area contributed by atoms with Crippen LogP contribution in [0.15, 0.2) is 42.6 Å². The Labute approximate surface area is 181 Å². The van der Waals surface area contributed by atoms with Gasteiger partial charge in [-0.1, -0.05) is 17.7 Å². The van der Waals surface area contributed by atoms with Gasteiger partial charge in [0, 0.05) is 18.7 Å². The number of aryl methyl sites for hydroxylation is 1. The summed E-state index contributed by atoms with van der Waals surface area (Å²) < 4.78 is 5.37. The lowest BCUT2D eigenvalue weighted by atomic mass is 10.1. The summed E-state index contributed by atoms with van der Waals surface area (Å²) >= 11 is 1.63. The maximum absolute atomic E-state index is 12.8. The number of rotatable bonds is 8. The molecule has 1 fully saturated rings. The molecule has 1 atom stereocenters. The van der Waals surface area contributed by atoms with Crippen molar-refractivity contribution in [2.75, 3.05) is 48.5 Å². The zero-order valence-electron chi connectivity index (χ0n) is 17.4. The minimum absolute atomic E-state index is 0.254. The van der Waals surface area contributed by atoms with E-state index in [1.807, 2.05) is 37.4 Å². The molecule has 0 saturated carbocycles. The number of hydrogen-bond donors (Lipinski definition) is 2. The zero-order chi connectivity index (χ0) is 21.3. The molecule has 0 spiro atoms. The van der Waals surface area contributed by atoms with Crippen molar-refractivity contribution in [1.29, 1.82) is 0 Å². The molecule has 2 amide bonds. The average Bonchev–Trinajstić information content (AvgIpc) is 2.77. The summed E-state index contributed by atoms with van der Waals surface area (Å²) in [5.41, 5.74) is 2.55. The number of anilines is 2. The Morgan fingerprint density at radius 3 is 2.70 bits per heavy atom.